The van der Waals surface area contributed by atoms with E-state index in [9.17, 15) is 13.2 Å². The Kier molecular flexibility index (Phi) is 10.7. The summed E-state index contributed by atoms with van der Waals surface area (Å²) in [5.41, 5.74) is 3.96. The van der Waals surface area contributed by atoms with Crippen molar-refractivity contribution in [1.29, 1.82) is 0 Å². The van der Waals surface area contributed by atoms with E-state index in [1.807, 2.05) is 0 Å². The molecule has 0 heterocycles. The molecule has 0 saturated carbocycles. The number of anilines is 1. The van der Waals surface area contributed by atoms with Crippen LogP contribution in [0.15, 0.2) is 99.4 Å². The minimum absolute atomic E-state index is 0.0360. The fraction of sp³-hybridized carbons (Fsp3) is 0.103. The lowest BCUT2D eigenvalue weighted by Crippen LogP contribution is -2.39. The van der Waals surface area contributed by atoms with Crippen LogP contribution in [0.4, 0.5) is 5.69 Å². The largest absolute Gasteiger partial charge is 0.493 e. The molecule has 4 rings (SSSR count). The summed E-state index contributed by atoms with van der Waals surface area (Å²) >= 11 is 21.7. The van der Waals surface area contributed by atoms with Gasteiger partial charge in [0.05, 0.1) is 28.4 Å². The number of nitrogens with one attached hydrogen (secondary N) is 1. The molecule has 0 radical (unpaired) electrons. The predicted molar refractivity (Wildman–Crippen MR) is 170 cm³/mol. The van der Waals surface area contributed by atoms with Crippen LogP contribution in [0.3, 0.4) is 0 Å². The van der Waals surface area contributed by atoms with Gasteiger partial charge < -0.3 is 9.47 Å². The number of hydrazone groups is 1. The van der Waals surface area contributed by atoms with Crippen LogP contribution < -0.4 is 19.2 Å². The maximum atomic E-state index is 13.4. The Morgan fingerprint density at radius 1 is 0.976 bits per heavy atom. The highest BCUT2D eigenvalue weighted by Crippen LogP contribution is 2.37. The topological polar surface area (TPSA) is 97.3 Å². The summed E-state index contributed by atoms with van der Waals surface area (Å²) < 4.78 is 39.8. The van der Waals surface area contributed by atoms with E-state index in [0.29, 0.717) is 36.6 Å². The van der Waals surface area contributed by atoms with Crippen molar-refractivity contribution >= 4 is 78.6 Å². The third kappa shape index (κ3) is 7.96. The number of halogens is 4. The molecule has 0 fully saturated rings. The minimum Gasteiger partial charge on any atom is -0.493 e. The number of carbonyl (C=O) groups is 1. The van der Waals surface area contributed by atoms with E-state index in [-0.39, 0.29) is 17.2 Å². The highest BCUT2D eigenvalue weighted by Gasteiger charge is 2.27. The van der Waals surface area contributed by atoms with Gasteiger partial charge in [-0.25, -0.2) is 13.8 Å². The molecule has 0 aliphatic rings. The van der Waals surface area contributed by atoms with E-state index in [4.69, 9.17) is 44.3 Å². The van der Waals surface area contributed by atoms with Gasteiger partial charge in [0.2, 0.25) is 0 Å². The molecule has 218 valence electrons. The highest BCUT2D eigenvalue weighted by atomic mass is 79.9. The van der Waals surface area contributed by atoms with Crippen LogP contribution in [0.25, 0.3) is 0 Å². The summed E-state index contributed by atoms with van der Waals surface area (Å²) in [6.45, 7) is -0.353. The summed E-state index contributed by atoms with van der Waals surface area (Å²) in [4.78, 5) is 12.9. The summed E-state index contributed by atoms with van der Waals surface area (Å²) in [5.74, 6) is 0.186. The Bertz CT molecular complexity index is 1710. The third-order valence-corrected chi connectivity index (χ3v) is 8.99. The molecular formula is C29H23BrCl3N3O5S. The summed E-state index contributed by atoms with van der Waals surface area (Å²) in [6, 6.07) is 22.5. The molecule has 8 nitrogen and oxygen atoms in total. The maximum absolute atomic E-state index is 13.4. The molecule has 0 aromatic heterocycles. The second-order valence-electron chi connectivity index (χ2n) is 8.65. The van der Waals surface area contributed by atoms with Crippen LogP contribution in [0.5, 0.6) is 11.5 Å². The number of rotatable bonds is 11. The highest BCUT2D eigenvalue weighted by molar-refractivity contribution is 9.10. The molecule has 0 aliphatic carbocycles. The van der Waals surface area contributed by atoms with E-state index in [1.165, 1.54) is 37.6 Å². The molecule has 0 aliphatic heterocycles. The van der Waals surface area contributed by atoms with Crippen LogP contribution in [0.2, 0.25) is 15.1 Å². The van der Waals surface area contributed by atoms with Crippen LogP contribution in [0, 0.1) is 0 Å². The van der Waals surface area contributed by atoms with E-state index in [1.54, 1.807) is 60.7 Å². The lowest BCUT2D eigenvalue weighted by atomic mass is 10.2. The number of hydrogen-bond donors (Lipinski definition) is 1. The first-order valence-electron chi connectivity index (χ1n) is 12.2. The smallest absolute Gasteiger partial charge is 0.264 e. The normalized spacial score (nSPS) is 11.4. The van der Waals surface area contributed by atoms with Crippen molar-refractivity contribution in [3.8, 4) is 11.5 Å². The quantitative estimate of drug-likeness (QED) is 0.130. The Morgan fingerprint density at radius 2 is 1.67 bits per heavy atom. The molecule has 0 unspecified atom stereocenters. The molecule has 42 heavy (non-hydrogen) atoms. The van der Waals surface area contributed by atoms with Gasteiger partial charge in [0.25, 0.3) is 15.9 Å². The van der Waals surface area contributed by atoms with Gasteiger partial charge >= 0.3 is 0 Å². The molecule has 0 spiro atoms. The van der Waals surface area contributed by atoms with Crippen molar-refractivity contribution < 1.29 is 22.7 Å². The van der Waals surface area contributed by atoms with Crippen LogP contribution in [-0.2, 0) is 21.4 Å². The fourth-order valence-electron chi connectivity index (χ4n) is 3.73. The second kappa shape index (κ2) is 14.3. The van der Waals surface area contributed by atoms with Crippen molar-refractivity contribution in [3.05, 3.63) is 116 Å². The average molecular weight is 712 g/mol. The molecular weight excluding hydrogens is 689 g/mol. The van der Waals surface area contributed by atoms with Gasteiger partial charge in [-0.1, -0.05) is 59.1 Å². The Labute approximate surface area is 267 Å². The first-order chi connectivity index (χ1) is 20.1. The van der Waals surface area contributed by atoms with Gasteiger partial charge in [-0.3, -0.25) is 9.10 Å². The Morgan fingerprint density at radius 3 is 2.33 bits per heavy atom. The van der Waals surface area contributed by atoms with Crippen LogP contribution >= 0.6 is 50.7 Å². The molecule has 4 aromatic carbocycles. The number of sulfonamides is 1. The zero-order valence-corrected chi connectivity index (χ0v) is 26.6. The number of hydrogen-bond acceptors (Lipinski definition) is 6. The molecule has 0 bridgehead atoms. The van der Waals surface area contributed by atoms with Gasteiger partial charge in [0, 0.05) is 20.6 Å². The molecule has 1 amide bonds. The SMILES string of the molecule is COc1cc(/C=N\NC(=O)CN(c2ccc(Cl)cc2)S(=O)(=O)c2ccccc2)cc(Br)c1OCc1ccc(Cl)cc1Cl. The summed E-state index contributed by atoms with van der Waals surface area (Å²) in [5, 5.41) is 5.43. The average Bonchev–Trinajstić information content (AvgIpc) is 2.97. The van der Waals surface area contributed by atoms with Crippen molar-refractivity contribution in [2.75, 3.05) is 18.0 Å². The first-order valence-corrected chi connectivity index (χ1v) is 15.5. The van der Waals surface area contributed by atoms with Gasteiger partial charge in [-0.2, -0.15) is 5.10 Å². The van der Waals surface area contributed by atoms with Crippen molar-refractivity contribution in [1.82, 2.24) is 5.43 Å². The molecule has 4 aromatic rings. The lowest BCUT2D eigenvalue weighted by Gasteiger charge is -2.23. The Balaban J connectivity index is 1.48. The van der Waals surface area contributed by atoms with E-state index in [0.717, 1.165) is 9.87 Å². The number of ether oxygens (including phenoxy) is 2. The third-order valence-electron chi connectivity index (χ3n) is 5.77. The standard InChI is InChI=1S/C29H23BrCl3N3O5S/c1-40-27-14-19(13-25(30)29(27)41-18-20-7-8-22(32)15-26(20)33)16-34-35-28(37)17-36(23-11-9-21(31)10-12-23)42(38,39)24-5-3-2-4-6-24/h2-16H,17-18H2,1H3,(H,35,37)/b34-16-. The molecule has 13 heteroatoms. The monoisotopic (exact) mass is 709 g/mol. The van der Waals surface area contributed by atoms with Gasteiger partial charge in [0.1, 0.15) is 13.2 Å². The van der Waals surface area contributed by atoms with Crippen LogP contribution in [-0.4, -0.2) is 34.2 Å². The lowest BCUT2D eigenvalue weighted by molar-refractivity contribution is -0.119. The number of amides is 1. The van der Waals surface area contributed by atoms with Crippen molar-refractivity contribution in [2.45, 2.75) is 11.5 Å². The summed E-state index contributed by atoms with van der Waals surface area (Å²) in [6.07, 6.45) is 1.39. The van der Waals surface area contributed by atoms with Crippen molar-refractivity contribution in [3.63, 3.8) is 0 Å². The summed E-state index contributed by atoms with van der Waals surface area (Å²) in [7, 11) is -2.57. The first kappa shape index (κ1) is 31.7. The zero-order chi connectivity index (χ0) is 30.3. The predicted octanol–water partition coefficient (Wildman–Crippen LogP) is 7.34. The van der Waals surface area contributed by atoms with Crippen molar-refractivity contribution in [2.24, 2.45) is 5.10 Å². The fourth-order valence-corrected chi connectivity index (χ4v) is 6.33. The van der Waals surface area contributed by atoms with Gasteiger partial charge in [-0.05, 0) is 82.2 Å². The van der Waals surface area contributed by atoms with E-state index >= 15 is 0 Å². The minimum atomic E-state index is -4.06. The zero-order valence-electron chi connectivity index (χ0n) is 21.9. The maximum Gasteiger partial charge on any atom is 0.264 e. The number of carbonyl (C=O) groups excluding carboxylic acids is 1. The second-order valence-corrected chi connectivity index (χ2v) is 12.6. The number of nitrogens with zero attached hydrogens (tertiary/aromatic N) is 2. The van der Waals surface area contributed by atoms with E-state index in [2.05, 4.69) is 26.5 Å². The molecule has 0 saturated heterocycles. The Hall–Kier alpha value is -3.28. The van der Waals surface area contributed by atoms with E-state index < -0.39 is 22.5 Å². The number of methoxy groups -OCH3 is 1. The van der Waals surface area contributed by atoms with Gasteiger partial charge in [0.15, 0.2) is 11.5 Å². The molecule has 1 N–H and O–H groups in total. The molecule has 0 atom stereocenters. The number of benzene rings is 4. The van der Waals surface area contributed by atoms with Crippen LogP contribution in [0.1, 0.15) is 11.1 Å². The van der Waals surface area contributed by atoms with Gasteiger partial charge in [-0.15, -0.1) is 0 Å².